The third kappa shape index (κ3) is 2.68. The molecule has 1 aliphatic rings. The van der Waals surface area contributed by atoms with Gasteiger partial charge in [-0.05, 0) is 11.6 Å². The maximum Gasteiger partial charge on any atom is 0.0995 e. The van der Waals surface area contributed by atoms with Crippen LogP contribution in [-0.4, -0.2) is 31.1 Å². The smallest absolute Gasteiger partial charge is 0.0995 e. The van der Waals surface area contributed by atoms with Crippen LogP contribution in [0.5, 0.6) is 0 Å². The minimum atomic E-state index is 0.0351. The zero-order valence-electron chi connectivity index (χ0n) is 10.3. The molecule has 0 bridgehead atoms. The van der Waals surface area contributed by atoms with Gasteiger partial charge in [-0.15, -0.1) is 0 Å². The van der Waals surface area contributed by atoms with Crippen LogP contribution < -0.4 is 5.32 Å². The van der Waals surface area contributed by atoms with Crippen molar-refractivity contribution in [2.45, 2.75) is 12.5 Å². The second-order valence-electron chi connectivity index (χ2n) is 4.36. The van der Waals surface area contributed by atoms with Crippen molar-refractivity contribution in [3.05, 3.63) is 35.4 Å². The maximum atomic E-state index is 9.17. The average molecular weight is 240 g/mol. The fourth-order valence-corrected chi connectivity index (χ4v) is 2.41. The quantitative estimate of drug-likeness (QED) is 0.868. The molecule has 0 saturated carbocycles. The predicted octanol–water partition coefficient (Wildman–Crippen LogP) is 1.42. The highest BCUT2D eigenvalue weighted by atomic mass is 15.2. The largest absolute Gasteiger partial charge is 0.314 e. The van der Waals surface area contributed by atoms with E-state index in [1.54, 1.807) is 0 Å². The van der Waals surface area contributed by atoms with E-state index in [1.165, 1.54) is 0 Å². The van der Waals surface area contributed by atoms with Crippen molar-refractivity contribution < 1.29 is 0 Å². The summed E-state index contributed by atoms with van der Waals surface area (Å²) in [5.41, 5.74) is 1.65. The first kappa shape index (κ1) is 12.6. The summed E-state index contributed by atoms with van der Waals surface area (Å²) < 4.78 is 0. The minimum absolute atomic E-state index is 0.0351. The SMILES string of the molecule is N#CC[C@H](c1ccccc1C#N)N1CCNCC1. The summed E-state index contributed by atoms with van der Waals surface area (Å²) in [6.07, 6.45) is 0.429. The van der Waals surface area contributed by atoms with Gasteiger partial charge in [-0.2, -0.15) is 10.5 Å². The molecule has 18 heavy (non-hydrogen) atoms. The monoisotopic (exact) mass is 240 g/mol. The molecule has 1 N–H and O–H groups in total. The van der Waals surface area contributed by atoms with E-state index in [-0.39, 0.29) is 6.04 Å². The molecule has 2 rings (SSSR count). The molecule has 0 aromatic heterocycles. The predicted molar refractivity (Wildman–Crippen MR) is 68.6 cm³/mol. The van der Waals surface area contributed by atoms with E-state index in [1.807, 2.05) is 24.3 Å². The van der Waals surface area contributed by atoms with E-state index in [2.05, 4.69) is 22.4 Å². The first-order valence-corrected chi connectivity index (χ1v) is 6.17. The van der Waals surface area contributed by atoms with Crippen molar-refractivity contribution >= 4 is 0 Å². The molecule has 1 saturated heterocycles. The molecule has 1 fully saturated rings. The van der Waals surface area contributed by atoms with Crippen LogP contribution in [0.1, 0.15) is 23.6 Å². The van der Waals surface area contributed by atoms with Crippen molar-refractivity contribution in [1.29, 1.82) is 10.5 Å². The average Bonchev–Trinajstić information content (AvgIpc) is 2.46. The van der Waals surface area contributed by atoms with Crippen LogP contribution in [0, 0.1) is 22.7 Å². The lowest BCUT2D eigenvalue weighted by atomic mass is 9.97. The third-order valence-electron chi connectivity index (χ3n) is 3.32. The molecule has 1 aromatic carbocycles. The fraction of sp³-hybridized carbons (Fsp3) is 0.429. The standard InChI is InChI=1S/C14H16N4/c15-6-5-14(18-9-7-17-8-10-18)13-4-2-1-3-12(13)11-16/h1-4,14,17H,5,7-10H2/t14-/m1/s1. The summed E-state index contributed by atoms with van der Waals surface area (Å²) >= 11 is 0. The van der Waals surface area contributed by atoms with E-state index in [4.69, 9.17) is 5.26 Å². The van der Waals surface area contributed by atoms with Crippen molar-refractivity contribution in [1.82, 2.24) is 10.2 Å². The van der Waals surface area contributed by atoms with Crippen LogP contribution in [0.15, 0.2) is 24.3 Å². The summed E-state index contributed by atoms with van der Waals surface area (Å²) in [7, 11) is 0. The van der Waals surface area contributed by atoms with Gasteiger partial charge in [0.05, 0.1) is 24.1 Å². The molecule has 0 amide bonds. The van der Waals surface area contributed by atoms with Gasteiger partial charge in [-0.25, -0.2) is 0 Å². The highest BCUT2D eigenvalue weighted by molar-refractivity contribution is 5.39. The zero-order valence-corrected chi connectivity index (χ0v) is 10.3. The van der Waals surface area contributed by atoms with E-state index in [0.717, 1.165) is 31.7 Å². The Bertz CT molecular complexity index is 477. The number of nitrogens with zero attached hydrogens (tertiary/aromatic N) is 3. The molecule has 0 aliphatic carbocycles. The fourth-order valence-electron chi connectivity index (χ4n) is 2.41. The number of benzene rings is 1. The molecule has 1 aliphatic heterocycles. The third-order valence-corrected chi connectivity index (χ3v) is 3.32. The molecule has 92 valence electrons. The molecule has 4 nitrogen and oxygen atoms in total. The van der Waals surface area contributed by atoms with E-state index >= 15 is 0 Å². The number of nitrogens with one attached hydrogen (secondary N) is 1. The Hall–Kier alpha value is -1.88. The Morgan fingerprint density at radius 3 is 2.61 bits per heavy atom. The van der Waals surface area contributed by atoms with E-state index < -0.39 is 0 Å². The lowest BCUT2D eigenvalue weighted by molar-refractivity contribution is 0.175. The molecule has 4 heteroatoms. The Morgan fingerprint density at radius 2 is 1.94 bits per heavy atom. The van der Waals surface area contributed by atoms with Gasteiger partial charge in [-0.1, -0.05) is 18.2 Å². The molecule has 0 radical (unpaired) electrons. The van der Waals surface area contributed by atoms with Crippen LogP contribution in [0.3, 0.4) is 0 Å². The number of piperazine rings is 1. The molecular weight excluding hydrogens is 224 g/mol. The first-order chi connectivity index (χ1) is 8.86. The van der Waals surface area contributed by atoms with Crippen molar-refractivity contribution in [3.63, 3.8) is 0 Å². The number of nitriles is 2. The second kappa shape index (κ2) is 6.16. The molecule has 0 unspecified atom stereocenters. The molecule has 1 heterocycles. The zero-order chi connectivity index (χ0) is 12.8. The number of hydrogen-bond acceptors (Lipinski definition) is 4. The summed E-state index contributed by atoms with van der Waals surface area (Å²) in [6, 6.07) is 12.1. The van der Waals surface area contributed by atoms with E-state index in [0.29, 0.717) is 12.0 Å². The highest BCUT2D eigenvalue weighted by Crippen LogP contribution is 2.26. The Kier molecular flexibility index (Phi) is 4.30. The second-order valence-corrected chi connectivity index (χ2v) is 4.36. The highest BCUT2D eigenvalue weighted by Gasteiger charge is 2.23. The minimum Gasteiger partial charge on any atom is -0.314 e. The van der Waals surface area contributed by atoms with E-state index in [9.17, 15) is 5.26 Å². The topological polar surface area (TPSA) is 62.9 Å². The van der Waals surface area contributed by atoms with Gasteiger partial charge in [0.2, 0.25) is 0 Å². The molecular formula is C14H16N4. The number of hydrogen-bond donors (Lipinski definition) is 1. The van der Waals surface area contributed by atoms with Gasteiger partial charge in [0.1, 0.15) is 0 Å². The Labute approximate surface area is 107 Å². The van der Waals surface area contributed by atoms with Gasteiger partial charge >= 0.3 is 0 Å². The van der Waals surface area contributed by atoms with Crippen LogP contribution >= 0.6 is 0 Å². The molecule has 0 spiro atoms. The van der Waals surface area contributed by atoms with Crippen LogP contribution in [-0.2, 0) is 0 Å². The molecule has 1 atom stereocenters. The summed E-state index contributed by atoms with van der Waals surface area (Å²) in [5, 5.41) is 21.5. The lowest BCUT2D eigenvalue weighted by Crippen LogP contribution is -2.45. The molecule has 1 aromatic rings. The summed E-state index contributed by atoms with van der Waals surface area (Å²) in [6.45, 7) is 3.73. The van der Waals surface area contributed by atoms with Gasteiger partial charge in [0, 0.05) is 32.2 Å². The van der Waals surface area contributed by atoms with Crippen LogP contribution in [0.4, 0.5) is 0 Å². The maximum absolute atomic E-state index is 9.17. The Morgan fingerprint density at radius 1 is 1.22 bits per heavy atom. The normalized spacial score (nSPS) is 17.7. The number of rotatable bonds is 3. The lowest BCUT2D eigenvalue weighted by Gasteiger charge is -2.34. The van der Waals surface area contributed by atoms with Crippen LogP contribution in [0.2, 0.25) is 0 Å². The van der Waals surface area contributed by atoms with Crippen molar-refractivity contribution in [3.8, 4) is 12.1 Å². The van der Waals surface area contributed by atoms with Crippen molar-refractivity contribution in [2.24, 2.45) is 0 Å². The van der Waals surface area contributed by atoms with Crippen LogP contribution in [0.25, 0.3) is 0 Å². The first-order valence-electron chi connectivity index (χ1n) is 6.17. The van der Waals surface area contributed by atoms with Gasteiger partial charge < -0.3 is 5.32 Å². The summed E-state index contributed by atoms with van der Waals surface area (Å²) in [4.78, 5) is 2.29. The van der Waals surface area contributed by atoms with Gasteiger partial charge in [0.25, 0.3) is 0 Å². The van der Waals surface area contributed by atoms with Crippen molar-refractivity contribution in [2.75, 3.05) is 26.2 Å². The Balaban J connectivity index is 2.29. The van der Waals surface area contributed by atoms with Gasteiger partial charge in [-0.3, -0.25) is 4.90 Å². The summed E-state index contributed by atoms with van der Waals surface area (Å²) in [5.74, 6) is 0. The van der Waals surface area contributed by atoms with Gasteiger partial charge in [0.15, 0.2) is 0 Å².